The zero-order valence-electron chi connectivity index (χ0n) is 11.7. The van der Waals surface area contributed by atoms with E-state index in [4.69, 9.17) is 16.7 Å². The van der Waals surface area contributed by atoms with Crippen molar-refractivity contribution >= 4 is 35.2 Å². The van der Waals surface area contributed by atoms with Gasteiger partial charge >= 0.3 is 5.97 Å². The van der Waals surface area contributed by atoms with Crippen molar-refractivity contribution in [3.05, 3.63) is 34.9 Å². The zero-order valence-corrected chi connectivity index (χ0v) is 12.4. The van der Waals surface area contributed by atoms with E-state index in [1.54, 1.807) is 18.2 Å². The Morgan fingerprint density at radius 3 is 3.00 bits per heavy atom. The van der Waals surface area contributed by atoms with Gasteiger partial charge in [-0.3, -0.25) is 4.79 Å². The number of carbonyl (C=O) groups excluding carboxylic acids is 1. The van der Waals surface area contributed by atoms with Crippen molar-refractivity contribution in [1.82, 2.24) is 5.32 Å². The summed E-state index contributed by atoms with van der Waals surface area (Å²) in [5.74, 6) is -1.03. The average Bonchev–Trinajstić information content (AvgIpc) is 2.45. The molecule has 0 radical (unpaired) electrons. The van der Waals surface area contributed by atoms with Crippen LogP contribution in [-0.2, 0) is 9.59 Å². The molecule has 1 aliphatic heterocycles. The van der Waals surface area contributed by atoms with Crippen molar-refractivity contribution in [2.75, 3.05) is 18.0 Å². The number of amides is 1. The van der Waals surface area contributed by atoms with Crippen LogP contribution in [0.1, 0.15) is 18.9 Å². The molecule has 0 aliphatic carbocycles. The topological polar surface area (TPSA) is 69.6 Å². The van der Waals surface area contributed by atoms with E-state index in [-0.39, 0.29) is 11.9 Å². The molecule has 0 aromatic heterocycles. The summed E-state index contributed by atoms with van der Waals surface area (Å²) in [4.78, 5) is 24.7. The summed E-state index contributed by atoms with van der Waals surface area (Å²) in [5.41, 5.74) is 1.51. The molecule has 1 unspecified atom stereocenters. The highest BCUT2D eigenvalue weighted by Crippen LogP contribution is 2.29. The van der Waals surface area contributed by atoms with Gasteiger partial charge in [0.2, 0.25) is 5.91 Å². The Morgan fingerprint density at radius 1 is 1.57 bits per heavy atom. The zero-order chi connectivity index (χ0) is 15.4. The van der Waals surface area contributed by atoms with Crippen LogP contribution in [-0.4, -0.2) is 36.1 Å². The summed E-state index contributed by atoms with van der Waals surface area (Å²) in [6.07, 6.45) is 3.27. The molecule has 1 aliphatic rings. The van der Waals surface area contributed by atoms with Crippen LogP contribution in [0.2, 0.25) is 5.02 Å². The highest BCUT2D eigenvalue weighted by molar-refractivity contribution is 6.31. The predicted molar refractivity (Wildman–Crippen MR) is 82.6 cm³/mol. The number of carbonyl (C=O) groups is 2. The van der Waals surface area contributed by atoms with Crippen molar-refractivity contribution in [1.29, 1.82) is 0 Å². The second-order valence-corrected chi connectivity index (χ2v) is 5.22. The quantitative estimate of drug-likeness (QED) is 0.836. The first-order valence-corrected chi connectivity index (χ1v) is 7.15. The molecule has 6 heteroatoms. The molecule has 112 valence electrons. The molecule has 2 rings (SSSR count). The molecule has 0 bridgehead atoms. The van der Waals surface area contributed by atoms with E-state index in [0.717, 1.165) is 17.3 Å². The molecule has 21 heavy (non-hydrogen) atoms. The van der Waals surface area contributed by atoms with Gasteiger partial charge in [0.25, 0.3) is 0 Å². The van der Waals surface area contributed by atoms with Crippen LogP contribution >= 0.6 is 11.6 Å². The SMILES string of the molecule is CCC1C(=O)NCCN1c1cc(Cl)ccc1/C=C/C(=O)O. The van der Waals surface area contributed by atoms with Crippen molar-refractivity contribution in [2.24, 2.45) is 0 Å². The van der Waals surface area contributed by atoms with Gasteiger partial charge < -0.3 is 15.3 Å². The van der Waals surface area contributed by atoms with E-state index >= 15 is 0 Å². The van der Waals surface area contributed by atoms with Crippen LogP contribution in [0.5, 0.6) is 0 Å². The van der Waals surface area contributed by atoms with Crippen LogP contribution in [0, 0.1) is 0 Å². The lowest BCUT2D eigenvalue weighted by Crippen LogP contribution is -2.55. The van der Waals surface area contributed by atoms with Gasteiger partial charge in [0, 0.05) is 29.9 Å². The highest BCUT2D eigenvalue weighted by Gasteiger charge is 2.29. The maximum atomic E-state index is 12.0. The van der Waals surface area contributed by atoms with Gasteiger partial charge in [0.1, 0.15) is 6.04 Å². The fourth-order valence-corrected chi connectivity index (χ4v) is 2.64. The van der Waals surface area contributed by atoms with Crippen LogP contribution in [0.3, 0.4) is 0 Å². The lowest BCUT2D eigenvalue weighted by atomic mass is 10.0. The van der Waals surface area contributed by atoms with Gasteiger partial charge in [-0.2, -0.15) is 0 Å². The van der Waals surface area contributed by atoms with Gasteiger partial charge in [-0.25, -0.2) is 4.79 Å². The molecular formula is C15H17ClN2O3. The fourth-order valence-electron chi connectivity index (χ4n) is 2.48. The third-order valence-corrected chi connectivity index (χ3v) is 3.66. The number of carboxylic acid groups (broad SMARTS) is 1. The average molecular weight is 309 g/mol. The number of nitrogens with one attached hydrogen (secondary N) is 1. The molecule has 0 saturated carbocycles. The van der Waals surface area contributed by atoms with Crippen molar-refractivity contribution in [3.8, 4) is 0 Å². The summed E-state index contributed by atoms with van der Waals surface area (Å²) < 4.78 is 0. The smallest absolute Gasteiger partial charge is 0.328 e. The van der Waals surface area contributed by atoms with Crippen molar-refractivity contribution in [3.63, 3.8) is 0 Å². The van der Waals surface area contributed by atoms with Crippen LogP contribution in [0.15, 0.2) is 24.3 Å². The van der Waals surface area contributed by atoms with Crippen LogP contribution < -0.4 is 10.2 Å². The van der Waals surface area contributed by atoms with Gasteiger partial charge in [-0.15, -0.1) is 0 Å². The maximum absolute atomic E-state index is 12.0. The number of rotatable bonds is 4. The summed E-state index contributed by atoms with van der Waals surface area (Å²) in [6.45, 7) is 3.17. The second kappa shape index (κ2) is 6.63. The fraction of sp³-hybridized carbons (Fsp3) is 0.333. The number of hydrogen-bond donors (Lipinski definition) is 2. The first kappa shape index (κ1) is 15.4. The third-order valence-electron chi connectivity index (χ3n) is 3.42. The molecule has 2 N–H and O–H groups in total. The minimum absolute atomic E-state index is 0.0168. The summed E-state index contributed by atoms with van der Waals surface area (Å²) in [7, 11) is 0. The summed E-state index contributed by atoms with van der Waals surface area (Å²) >= 11 is 6.06. The van der Waals surface area contributed by atoms with E-state index in [9.17, 15) is 9.59 Å². The Morgan fingerprint density at radius 2 is 2.33 bits per heavy atom. The van der Waals surface area contributed by atoms with Crippen LogP contribution in [0.25, 0.3) is 6.08 Å². The number of halogens is 1. The number of hydrogen-bond acceptors (Lipinski definition) is 3. The number of aliphatic carboxylic acids is 1. The number of carboxylic acids is 1. The Hall–Kier alpha value is -2.01. The molecule has 1 saturated heterocycles. The first-order chi connectivity index (χ1) is 10.0. The number of nitrogens with zero attached hydrogens (tertiary/aromatic N) is 1. The number of benzene rings is 1. The molecular weight excluding hydrogens is 292 g/mol. The minimum atomic E-state index is -1.01. The molecule has 1 aromatic rings. The van der Waals surface area contributed by atoms with Gasteiger partial charge in [0.15, 0.2) is 0 Å². The van der Waals surface area contributed by atoms with E-state index < -0.39 is 5.97 Å². The molecule has 5 nitrogen and oxygen atoms in total. The Labute approximate surface area is 128 Å². The lowest BCUT2D eigenvalue weighted by Gasteiger charge is -2.37. The first-order valence-electron chi connectivity index (χ1n) is 6.78. The molecule has 1 aromatic carbocycles. The standard InChI is InChI=1S/C15H17ClN2O3/c1-2-12-15(21)17-7-8-18(12)13-9-11(16)5-3-10(13)4-6-14(19)20/h3-6,9,12H,2,7-8H2,1H3,(H,17,21)(H,19,20)/b6-4+. The largest absolute Gasteiger partial charge is 0.478 e. The molecule has 1 heterocycles. The van der Waals surface area contributed by atoms with Gasteiger partial charge in [-0.1, -0.05) is 24.6 Å². The number of piperazine rings is 1. The predicted octanol–water partition coefficient (Wildman–Crippen LogP) is 2.15. The lowest BCUT2D eigenvalue weighted by molar-refractivity contribution is -0.131. The molecule has 1 amide bonds. The Balaban J connectivity index is 2.42. The maximum Gasteiger partial charge on any atom is 0.328 e. The number of anilines is 1. The van der Waals surface area contributed by atoms with Crippen molar-refractivity contribution < 1.29 is 14.7 Å². The van der Waals surface area contributed by atoms with E-state index in [2.05, 4.69) is 5.32 Å². The Kier molecular flexibility index (Phi) is 4.85. The second-order valence-electron chi connectivity index (χ2n) is 4.78. The minimum Gasteiger partial charge on any atom is -0.478 e. The van der Waals surface area contributed by atoms with E-state index in [0.29, 0.717) is 24.5 Å². The van der Waals surface area contributed by atoms with Crippen LogP contribution in [0.4, 0.5) is 5.69 Å². The third kappa shape index (κ3) is 3.55. The summed E-state index contributed by atoms with van der Waals surface area (Å²) in [5, 5.41) is 12.2. The molecule has 0 spiro atoms. The van der Waals surface area contributed by atoms with Gasteiger partial charge in [0.05, 0.1) is 0 Å². The normalized spacial score (nSPS) is 18.9. The summed E-state index contributed by atoms with van der Waals surface area (Å²) in [6, 6.07) is 4.97. The van der Waals surface area contributed by atoms with E-state index in [1.165, 1.54) is 6.08 Å². The van der Waals surface area contributed by atoms with E-state index in [1.807, 2.05) is 11.8 Å². The molecule has 1 atom stereocenters. The monoisotopic (exact) mass is 308 g/mol. The highest BCUT2D eigenvalue weighted by atomic mass is 35.5. The van der Waals surface area contributed by atoms with Crippen molar-refractivity contribution in [2.45, 2.75) is 19.4 Å². The van der Waals surface area contributed by atoms with Gasteiger partial charge in [-0.05, 0) is 30.2 Å². The Bertz CT molecular complexity index is 586. The molecule has 1 fully saturated rings.